The van der Waals surface area contributed by atoms with Crippen LogP contribution in [0.1, 0.15) is 0 Å². The first-order chi connectivity index (χ1) is 11.4. The van der Waals surface area contributed by atoms with Gasteiger partial charge in [-0.05, 0) is 36.4 Å². The summed E-state index contributed by atoms with van der Waals surface area (Å²) in [5, 5.41) is 2.55. The van der Waals surface area contributed by atoms with Gasteiger partial charge in [0.15, 0.2) is 23.3 Å². The van der Waals surface area contributed by atoms with Crippen molar-refractivity contribution < 1.29 is 17.6 Å². The minimum Gasteiger partial charge on any atom is -0.338 e. The van der Waals surface area contributed by atoms with Crippen molar-refractivity contribution in [1.29, 1.82) is 0 Å². The topological polar surface area (TPSA) is 37.8 Å². The first-order valence-corrected chi connectivity index (χ1v) is 7.03. The van der Waals surface area contributed by atoms with E-state index < -0.39 is 23.3 Å². The molecule has 0 radical (unpaired) electrons. The minimum absolute atomic E-state index is 0.0369. The van der Waals surface area contributed by atoms with Crippen LogP contribution >= 0.6 is 11.6 Å². The molecule has 0 fully saturated rings. The van der Waals surface area contributed by atoms with Crippen molar-refractivity contribution in [2.75, 3.05) is 5.32 Å². The highest BCUT2D eigenvalue weighted by Crippen LogP contribution is 2.26. The van der Waals surface area contributed by atoms with Crippen molar-refractivity contribution >= 4 is 23.1 Å². The maximum absolute atomic E-state index is 13.7. The molecule has 0 bridgehead atoms. The van der Waals surface area contributed by atoms with Gasteiger partial charge in [0.25, 0.3) is 0 Å². The number of hydrogen-bond acceptors (Lipinski definition) is 3. The zero-order chi connectivity index (χ0) is 17.3. The van der Waals surface area contributed by atoms with Crippen molar-refractivity contribution in [3.63, 3.8) is 0 Å². The van der Waals surface area contributed by atoms with Gasteiger partial charge in [0.1, 0.15) is 16.8 Å². The second-order valence-electron chi connectivity index (χ2n) is 4.75. The highest BCUT2D eigenvalue weighted by atomic mass is 35.5. The number of nitrogens with one attached hydrogen (secondary N) is 1. The molecule has 0 saturated carbocycles. The number of halogens is 5. The van der Waals surface area contributed by atoms with E-state index in [-0.39, 0.29) is 22.5 Å². The molecule has 0 aliphatic rings. The van der Waals surface area contributed by atoms with Crippen LogP contribution in [0, 0.1) is 23.3 Å². The van der Waals surface area contributed by atoms with Crippen LogP contribution in [0.2, 0.25) is 5.15 Å². The molecule has 0 aliphatic heterocycles. The van der Waals surface area contributed by atoms with E-state index in [0.29, 0.717) is 5.56 Å². The highest BCUT2D eigenvalue weighted by Gasteiger charge is 2.14. The van der Waals surface area contributed by atoms with E-state index in [1.807, 2.05) is 0 Å². The average molecular weight is 354 g/mol. The Balaban J connectivity index is 1.98. The Kier molecular flexibility index (Phi) is 4.35. The smallest absolute Gasteiger partial charge is 0.196 e. The number of anilines is 2. The molecule has 3 nitrogen and oxygen atoms in total. The lowest BCUT2D eigenvalue weighted by Gasteiger charge is -2.09. The fraction of sp³-hybridized carbons (Fsp3) is 0. The second kappa shape index (κ2) is 6.45. The summed E-state index contributed by atoms with van der Waals surface area (Å²) in [7, 11) is 0. The van der Waals surface area contributed by atoms with Gasteiger partial charge in [0.2, 0.25) is 0 Å². The van der Waals surface area contributed by atoms with Crippen LogP contribution in [0.25, 0.3) is 11.4 Å². The molecule has 1 heterocycles. The molecule has 0 atom stereocenters. The minimum atomic E-state index is -1.60. The van der Waals surface area contributed by atoms with Crippen molar-refractivity contribution in [3.05, 3.63) is 70.9 Å². The number of aromatic nitrogens is 2. The van der Waals surface area contributed by atoms with E-state index in [4.69, 9.17) is 11.6 Å². The third-order valence-electron chi connectivity index (χ3n) is 3.10. The van der Waals surface area contributed by atoms with E-state index in [9.17, 15) is 17.6 Å². The molecule has 3 rings (SSSR count). The van der Waals surface area contributed by atoms with Gasteiger partial charge >= 0.3 is 0 Å². The van der Waals surface area contributed by atoms with Crippen molar-refractivity contribution in [1.82, 2.24) is 9.97 Å². The maximum Gasteiger partial charge on any atom is 0.196 e. The predicted octanol–water partition coefficient (Wildman–Crippen LogP) is 5.10. The van der Waals surface area contributed by atoms with E-state index in [2.05, 4.69) is 15.3 Å². The fourth-order valence-corrected chi connectivity index (χ4v) is 2.15. The summed E-state index contributed by atoms with van der Waals surface area (Å²) in [6.07, 6.45) is 0. The van der Waals surface area contributed by atoms with E-state index >= 15 is 0 Å². The third-order valence-corrected chi connectivity index (χ3v) is 3.29. The summed E-state index contributed by atoms with van der Waals surface area (Å²) in [4.78, 5) is 8.10. The molecule has 0 amide bonds. The van der Waals surface area contributed by atoms with Gasteiger partial charge in [-0.1, -0.05) is 11.6 Å². The van der Waals surface area contributed by atoms with Crippen LogP contribution in [-0.4, -0.2) is 9.97 Å². The normalized spacial score (nSPS) is 10.7. The van der Waals surface area contributed by atoms with E-state index in [1.54, 1.807) is 0 Å². The number of rotatable bonds is 3. The van der Waals surface area contributed by atoms with Gasteiger partial charge in [0, 0.05) is 11.6 Å². The zero-order valence-electron chi connectivity index (χ0n) is 11.8. The maximum atomic E-state index is 13.7. The lowest BCUT2D eigenvalue weighted by Crippen LogP contribution is -2.02. The van der Waals surface area contributed by atoms with Gasteiger partial charge in [-0.2, -0.15) is 0 Å². The van der Waals surface area contributed by atoms with Crippen molar-refractivity contribution in [2.24, 2.45) is 0 Å². The molecule has 1 N–H and O–H groups in total. The molecular formula is C16H8ClF4N3. The number of hydrogen-bond donors (Lipinski definition) is 1. The Morgan fingerprint density at radius 1 is 0.833 bits per heavy atom. The number of nitrogens with zero attached hydrogens (tertiary/aromatic N) is 2. The summed E-state index contributed by atoms with van der Waals surface area (Å²) >= 11 is 5.90. The van der Waals surface area contributed by atoms with Gasteiger partial charge in [0.05, 0.1) is 5.69 Å². The van der Waals surface area contributed by atoms with Crippen LogP contribution in [0.4, 0.5) is 29.1 Å². The van der Waals surface area contributed by atoms with Crippen molar-refractivity contribution in [3.8, 4) is 11.4 Å². The SMILES string of the molecule is Fc1ccc(-c2nc(Cl)cc(Nc3ccc(F)c(F)c3F)n2)cc1. The Hall–Kier alpha value is -2.67. The molecule has 2 aromatic carbocycles. The van der Waals surface area contributed by atoms with Gasteiger partial charge in [-0.15, -0.1) is 0 Å². The Labute approximate surface area is 139 Å². The molecule has 1 aromatic heterocycles. The van der Waals surface area contributed by atoms with E-state index in [1.165, 1.54) is 30.3 Å². The molecule has 122 valence electrons. The van der Waals surface area contributed by atoms with Gasteiger partial charge < -0.3 is 5.32 Å². The lowest BCUT2D eigenvalue weighted by molar-refractivity contribution is 0.449. The van der Waals surface area contributed by atoms with Gasteiger partial charge in [-0.3, -0.25) is 0 Å². The highest BCUT2D eigenvalue weighted by molar-refractivity contribution is 6.29. The Bertz CT molecular complexity index is 901. The van der Waals surface area contributed by atoms with E-state index in [0.717, 1.165) is 12.1 Å². The molecule has 8 heteroatoms. The molecule has 0 aliphatic carbocycles. The Morgan fingerprint density at radius 2 is 1.54 bits per heavy atom. The predicted molar refractivity (Wildman–Crippen MR) is 82.0 cm³/mol. The second-order valence-corrected chi connectivity index (χ2v) is 5.14. The standard InChI is InChI=1S/C16H8ClF4N3/c17-12-7-13(22-11-6-5-10(19)14(20)15(11)21)24-16(23-12)8-1-3-9(18)4-2-8/h1-7H,(H,22,23,24). The zero-order valence-corrected chi connectivity index (χ0v) is 12.6. The lowest BCUT2D eigenvalue weighted by atomic mass is 10.2. The monoisotopic (exact) mass is 353 g/mol. The van der Waals surface area contributed by atoms with Crippen molar-refractivity contribution in [2.45, 2.75) is 0 Å². The summed E-state index contributed by atoms with van der Waals surface area (Å²) in [5.74, 6) is -4.48. The molecule has 0 unspecified atom stereocenters. The fourth-order valence-electron chi connectivity index (χ4n) is 1.97. The third kappa shape index (κ3) is 3.30. The Morgan fingerprint density at radius 3 is 2.25 bits per heavy atom. The molecular weight excluding hydrogens is 346 g/mol. The van der Waals surface area contributed by atoms with Crippen LogP contribution in [0.5, 0.6) is 0 Å². The van der Waals surface area contributed by atoms with Gasteiger partial charge in [-0.25, -0.2) is 27.5 Å². The quantitative estimate of drug-likeness (QED) is 0.404. The van der Waals surface area contributed by atoms with Crippen LogP contribution in [-0.2, 0) is 0 Å². The summed E-state index contributed by atoms with van der Waals surface area (Å²) in [6.45, 7) is 0. The summed E-state index contributed by atoms with van der Waals surface area (Å²) < 4.78 is 52.9. The summed E-state index contributed by atoms with van der Waals surface area (Å²) in [6, 6.07) is 8.44. The molecule has 0 saturated heterocycles. The largest absolute Gasteiger partial charge is 0.338 e. The first kappa shape index (κ1) is 16.2. The van der Waals surface area contributed by atoms with Crippen LogP contribution < -0.4 is 5.32 Å². The molecule has 24 heavy (non-hydrogen) atoms. The molecule has 3 aromatic rings. The molecule has 0 spiro atoms. The van der Waals surface area contributed by atoms with Crippen LogP contribution in [0.3, 0.4) is 0 Å². The van der Waals surface area contributed by atoms with Crippen LogP contribution in [0.15, 0.2) is 42.5 Å². The summed E-state index contributed by atoms with van der Waals surface area (Å²) in [5.41, 5.74) is 0.168. The average Bonchev–Trinajstić information content (AvgIpc) is 2.55. The number of benzene rings is 2. The first-order valence-electron chi connectivity index (χ1n) is 6.65.